The number of nitrogens with one attached hydrogen (secondary N) is 1. The minimum absolute atomic E-state index is 0. The van der Waals surface area contributed by atoms with Gasteiger partial charge in [0.15, 0.2) is 5.82 Å². The van der Waals surface area contributed by atoms with Gasteiger partial charge in [0.05, 0.1) is 6.54 Å². The molecule has 0 saturated carbocycles. The first-order valence-electron chi connectivity index (χ1n) is 3.64. The molecule has 0 bridgehead atoms. The zero-order chi connectivity index (χ0) is 7.68. The Morgan fingerprint density at radius 3 is 3.08 bits per heavy atom. The topological polar surface area (TPSA) is 63.0 Å². The number of fused-ring (bicyclic) bond motifs is 1. The molecule has 0 aliphatic carbocycles. The van der Waals surface area contributed by atoms with Crippen molar-refractivity contribution in [3.8, 4) is 0 Å². The molecule has 1 aliphatic rings. The highest BCUT2D eigenvalue weighted by atomic mass is 35.5. The number of aliphatic hydroxyl groups excluding tert-OH is 1. The lowest BCUT2D eigenvalue weighted by atomic mass is 10.4. The van der Waals surface area contributed by atoms with E-state index in [1.807, 2.05) is 4.57 Å². The molecule has 0 fully saturated rings. The van der Waals surface area contributed by atoms with Crippen molar-refractivity contribution in [3.63, 3.8) is 0 Å². The van der Waals surface area contributed by atoms with Crippen LogP contribution in [-0.2, 0) is 19.7 Å². The van der Waals surface area contributed by atoms with Crippen molar-refractivity contribution < 1.29 is 5.11 Å². The second kappa shape index (κ2) is 3.84. The van der Waals surface area contributed by atoms with Crippen molar-refractivity contribution >= 4 is 12.4 Å². The van der Waals surface area contributed by atoms with E-state index in [-0.39, 0.29) is 19.0 Å². The average molecular weight is 191 g/mol. The van der Waals surface area contributed by atoms with Crippen molar-refractivity contribution in [1.29, 1.82) is 0 Å². The lowest BCUT2D eigenvalue weighted by Crippen LogP contribution is -2.29. The van der Waals surface area contributed by atoms with E-state index >= 15 is 0 Å². The molecule has 1 aromatic heterocycles. The second-order valence-corrected chi connectivity index (χ2v) is 2.52. The van der Waals surface area contributed by atoms with Gasteiger partial charge in [-0.1, -0.05) is 0 Å². The van der Waals surface area contributed by atoms with Crippen LogP contribution in [0.5, 0.6) is 0 Å². The van der Waals surface area contributed by atoms with Crippen LogP contribution in [0, 0.1) is 0 Å². The molecule has 2 N–H and O–H groups in total. The van der Waals surface area contributed by atoms with Crippen molar-refractivity contribution in [3.05, 3.63) is 11.6 Å². The molecular weight excluding hydrogens is 180 g/mol. The zero-order valence-electron chi connectivity index (χ0n) is 6.53. The summed E-state index contributed by atoms with van der Waals surface area (Å²) in [5, 5.41) is 19.8. The van der Waals surface area contributed by atoms with Crippen LogP contribution < -0.4 is 5.32 Å². The van der Waals surface area contributed by atoms with Crippen LogP contribution in [0.3, 0.4) is 0 Å². The third kappa shape index (κ3) is 1.43. The summed E-state index contributed by atoms with van der Waals surface area (Å²) in [4.78, 5) is 0. The number of hydrogen-bond donors (Lipinski definition) is 2. The summed E-state index contributed by atoms with van der Waals surface area (Å²) in [6.45, 7) is 2.52. The number of aliphatic hydroxyl groups is 1. The first-order chi connectivity index (χ1) is 5.42. The van der Waals surface area contributed by atoms with Gasteiger partial charge in [-0.25, -0.2) is 0 Å². The Balaban J connectivity index is 0.000000720. The molecule has 0 amide bonds. The Labute approximate surface area is 76.2 Å². The predicted molar refractivity (Wildman–Crippen MR) is 44.9 cm³/mol. The van der Waals surface area contributed by atoms with Gasteiger partial charge >= 0.3 is 0 Å². The maximum atomic E-state index is 8.84. The summed E-state index contributed by atoms with van der Waals surface area (Å²) in [6, 6.07) is 0. The number of aromatic nitrogens is 3. The average Bonchev–Trinajstić information content (AvgIpc) is 2.47. The van der Waals surface area contributed by atoms with E-state index in [1.54, 1.807) is 0 Å². The first-order valence-corrected chi connectivity index (χ1v) is 3.64. The molecule has 2 heterocycles. The van der Waals surface area contributed by atoms with Crippen molar-refractivity contribution in [2.24, 2.45) is 0 Å². The monoisotopic (exact) mass is 190 g/mol. The Morgan fingerprint density at radius 2 is 2.33 bits per heavy atom. The van der Waals surface area contributed by atoms with E-state index in [9.17, 15) is 0 Å². The van der Waals surface area contributed by atoms with E-state index in [4.69, 9.17) is 5.11 Å². The Hall–Kier alpha value is -0.650. The quantitative estimate of drug-likeness (QED) is 0.615. The predicted octanol–water partition coefficient (Wildman–Crippen LogP) is -0.705. The van der Waals surface area contributed by atoms with E-state index in [1.165, 1.54) is 0 Å². The van der Waals surface area contributed by atoms with Crippen LogP contribution in [0.1, 0.15) is 11.6 Å². The summed E-state index contributed by atoms with van der Waals surface area (Å²) >= 11 is 0. The molecule has 6 heteroatoms. The van der Waals surface area contributed by atoms with Crippen molar-refractivity contribution in [1.82, 2.24) is 20.1 Å². The van der Waals surface area contributed by atoms with Gasteiger partial charge in [-0.15, -0.1) is 22.6 Å². The molecule has 0 atom stereocenters. The summed E-state index contributed by atoms with van der Waals surface area (Å²) in [6.07, 6.45) is 0. The highest BCUT2D eigenvalue weighted by molar-refractivity contribution is 5.85. The number of halogens is 1. The van der Waals surface area contributed by atoms with E-state index in [0.717, 1.165) is 25.5 Å². The second-order valence-electron chi connectivity index (χ2n) is 2.52. The van der Waals surface area contributed by atoms with Crippen LogP contribution >= 0.6 is 12.4 Å². The Morgan fingerprint density at radius 1 is 1.50 bits per heavy atom. The highest BCUT2D eigenvalue weighted by Gasteiger charge is 2.13. The lowest BCUT2D eigenvalue weighted by Gasteiger charge is -2.14. The maximum Gasteiger partial charge on any atom is 0.158 e. The fourth-order valence-electron chi connectivity index (χ4n) is 1.27. The third-order valence-corrected chi connectivity index (χ3v) is 1.84. The molecule has 0 radical (unpaired) electrons. The van der Waals surface area contributed by atoms with Crippen molar-refractivity contribution in [2.75, 3.05) is 6.54 Å². The minimum Gasteiger partial charge on any atom is -0.388 e. The Bertz CT molecular complexity index is 249. The fourth-order valence-corrected chi connectivity index (χ4v) is 1.27. The van der Waals surface area contributed by atoms with Gasteiger partial charge in [0.25, 0.3) is 0 Å². The molecule has 1 aromatic rings. The molecular formula is C6H11ClN4O. The highest BCUT2D eigenvalue weighted by Crippen LogP contribution is 2.04. The number of hydrogen-bond acceptors (Lipinski definition) is 4. The summed E-state index contributed by atoms with van der Waals surface area (Å²) < 4.78 is 1.95. The number of rotatable bonds is 1. The summed E-state index contributed by atoms with van der Waals surface area (Å²) in [5.41, 5.74) is 0. The molecule has 12 heavy (non-hydrogen) atoms. The van der Waals surface area contributed by atoms with Gasteiger partial charge in [0.2, 0.25) is 0 Å². The van der Waals surface area contributed by atoms with Crippen LogP contribution in [0.2, 0.25) is 0 Å². The SMILES string of the molecule is Cl.OCc1nnc2n1CCNC2. The molecule has 1 aliphatic heterocycles. The third-order valence-electron chi connectivity index (χ3n) is 1.84. The zero-order valence-corrected chi connectivity index (χ0v) is 7.34. The molecule has 0 spiro atoms. The largest absolute Gasteiger partial charge is 0.388 e. The molecule has 0 unspecified atom stereocenters. The Kier molecular flexibility index (Phi) is 3.02. The van der Waals surface area contributed by atoms with Crippen LogP contribution in [0.15, 0.2) is 0 Å². The molecule has 5 nitrogen and oxygen atoms in total. The summed E-state index contributed by atoms with van der Waals surface area (Å²) in [7, 11) is 0. The van der Waals surface area contributed by atoms with Gasteiger partial charge in [0, 0.05) is 13.1 Å². The molecule has 0 aromatic carbocycles. The molecule has 0 saturated heterocycles. The van der Waals surface area contributed by atoms with Gasteiger partial charge in [0.1, 0.15) is 12.4 Å². The minimum atomic E-state index is -0.0208. The lowest BCUT2D eigenvalue weighted by molar-refractivity contribution is 0.262. The molecule has 2 rings (SSSR count). The van der Waals surface area contributed by atoms with Crippen LogP contribution in [-0.4, -0.2) is 26.4 Å². The van der Waals surface area contributed by atoms with E-state index in [0.29, 0.717) is 5.82 Å². The van der Waals surface area contributed by atoms with Gasteiger partial charge < -0.3 is 15.0 Å². The van der Waals surface area contributed by atoms with Gasteiger partial charge in [-0.3, -0.25) is 0 Å². The van der Waals surface area contributed by atoms with E-state index in [2.05, 4.69) is 15.5 Å². The summed E-state index contributed by atoms with van der Waals surface area (Å²) in [5.74, 6) is 1.58. The molecule has 68 valence electrons. The van der Waals surface area contributed by atoms with Crippen molar-refractivity contribution in [2.45, 2.75) is 19.7 Å². The first kappa shape index (κ1) is 9.44. The number of nitrogens with zero attached hydrogens (tertiary/aromatic N) is 3. The maximum absolute atomic E-state index is 8.84. The smallest absolute Gasteiger partial charge is 0.158 e. The van der Waals surface area contributed by atoms with E-state index < -0.39 is 0 Å². The van der Waals surface area contributed by atoms with Crippen LogP contribution in [0.4, 0.5) is 0 Å². The normalized spacial score (nSPS) is 15.1. The van der Waals surface area contributed by atoms with Gasteiger partial charge in [-0.2, -0.15) is 0 Å². The van der Waals surface area contributed by atoms with Gasteiger partial charge in [-0.05, 0) is 0 Å². The fraction of sp³-hybridized carbons (Fsp3) is 0.667. The standard InChI is InChI=1S/C6H10N4O.ClH/c11-4-6-9-8-5-3-7-1-2-10(5)6;/h7,11H,1-4H2;1H. The van der Waals surface area contributed by atoms with Crippen LogP contribution in [0.25, 0.3) is 0 Å².